The lowest BCUT2D eigenvalue weighted by atomic mass is 10.2. The summed E-state index contributed by atoms with van der Waals surface area (Å²) in [4.78, 5) is 18.1. The number of nitrogens with zero attached hydrogens (tertiary/aromatic N) is 3. The van der Waals surface area contributed by atoms with Crippen molar-refractivity contribution in [2.24, 2.45) is 7.05 Å². The molecule has 24 heavy (non-hydrogen) atoms. The van der Waals surface area contributed by atoms with E-state index in [1.165, 1.54) is 28.8 Å². The highest BCUT2D eigenvalue weighted by atomic mass is 32.2. The summed E-state index contributed by atoms with van der Waals surface area (Å²) in [6.45, 7) is 0.698. The summed E-state index contributed by atoms with van der Waals surface area (Å²) in [6.07, 6.45) is 3.67. The van der Waals surface area contributed by atoms with Crippen LogP contribution in [0.3, 0.4) is 0 Å². The number of aliphatic hydroxyl groups excluding tert-OH is 1. The molecule has 0 aliphatic heterocycles. The maximum Gasteiger partial charge on any atom is 0.318 e. The van der Waals surface area contributed by atoms with E-state index in [4.69, 9.17) is 0 Å². The fourth-order valence-corrected chi connectivity index (χ4v) is 2.79. The minimum absolute atomic E-state index is 0.142. The summed E-state index contributed by atoms with van der Waals surface area (Å²) in [7, 11) is 1.89. The summed E-state index contributed by atoms with van der Waals surface area (Å²) >= 11 is 1.53. The number of aliphatic hydroxyl groups is 1. The van der Waals surface area contributed by atoms with Crippen LogP contribution < -0.4 is 5.32 Å². The monoisotopic (exact) mass is 352 g/mol. The fourth-order valence-electron chi connectivity index (χ4n) is 2.24. The highest BCUT2D eigenvalue weighted by molar-refractivity contribution is 7.98. The molecule has 0 aliphatic rings. The van der Waals surface area contributed by atoms with Crippen LogP contribution in [0, 0.1) is 5.82 Å². The topological polar surface area (TPSA) is 70.4 Å². The van der Waals surface area contributed by atoms with Crippen molar-refractivity contribution in [1.29, 1.82) is 0 Å². The Morgan fingerprint density at radius 1 is 1.42 bits per heavy atom. The molecule has 2 rings (SSSR count). The first-order valence-electron chi connectivity index (χ1n) is 7.47. The number of carbonyl (C=O) groups is 1. The Bertz CT molecular complexity index is 675. The quantitative estimate of drug-likeness (QED) is 0.748. The lowest BCUT2D eigenvalue weighted by molar-refractivity contribution is 0.173. The van der Waals surface area contributed by atoms with Gasteiger partial charge in [0.05, 0.1) is 25.0 Å². The largest absolute Gasteiger partial charge is 0.395 e. The Hall–Kier alpha value is -2.06. The number of urea groups is 1. The van der Waals surface area contributed by atoms with Gasteiger partial charge >= 0.3 is 6.03 Å². The Balaban J connectivity index is 1.97. The Kier molecular flexibility index (Phi) is 6.62. The average molecular weight is 352 g/mol. The molecule has 0 bridgehead atoms. The number of imidazole rings is 1. The molecular formula is C16H21FN4O2S. The minimum Gasteiger partial charge on any atom is -0.395 e. The van der Waals surface area contributed by atoms with E-state index in [0.717, 1.165) is 16.4 Å². The molecule has 2 aromatic rings. The van der Waals surface area contributed by atoms with Crippen LogP contribution in [0.25, 0.3) is 0 Å². The van der Waals surface area contributed by atoms with Gasteiger partial charge in [-0.15, -0.1) is 0 Å². The zero-order chi connectivity index (χ0) is 17.5. The number of carbonyl (C=O) groups excluding carboxylic acids is 1. The smallest absolute Gasteiger partial charge is 0.318 e. The SMILES string of the molecule is CSc1ncc(CNC(=O)N(CCO)Cc2ccc(F)cc2)n1C. The van der Waals surface area contributed by atoms with Gasteiger partial charge in [-0.2, -0.15) is 0 Å². The summed E-state index contributed by atoms with van der Waals surface area (Å²) in [5, 5.41) is 12.9. The molecule has 0 spiro atoms. The molecule has 1 aromatic carbocycles. The van der Waals surface area contributed by atoms with Crippen LogP contribution in [-0.4, -0.2) is 45.0 Å². The third-order valence-corrected chi connectivity index (χ3v) is 4.33. The summed E-state index contributed by atoms with van der Waals surface area (Å²) in [6, 6.07) is 5.66. The van der Waals surface area contributed by atoms with E-state index in [2.05, 4.69) is 10.3 Å². The molecule has 0 saturated heterocycles. The van der Waals surface area contributed by atoms with Crippen molar-refractivity contribution < 1.29 is 14.3 Å². The van der Waals surface area contributed by atoms with E-state index in [1.807, 2.05) is 17.9 Å². The molecule has 2 amide bonds. The highest BCUT2D eigenvalue weighted by Gasteiger charge is 2.14. The van der Waals surface area contributed by atoms with Crippen LogP contribution >= 0.6 is 11.8 Å². The number of rotatable bonds is 7. The minimum atomic E-state index is -0.322. The van der Waals surface area contributed by atoms with Crippen molar-refractivity contribution in [2.75, 3.05) is 19.4 Å². The second kappa shape index (κ2) is 8.70. The van der Waals surface area contributed by atoms with Gasteiger partial charge in [0.2, 0.25) is 0 Å². The number of amides is 2. The molecule has 1 heterocycles. The van der Waals surface area contributed by atoms with Gasteiger partial charge in [-0.3, -0.25) is 0 Å². The van der Waals surface area contributed by atoms with Gasteiger partial charge in [-0.05, 0) is 24.0 Å². The second-order valence-electron chi connectivity index (χ2n) is 5.23. The first kappa shape index (κ1) is 18.3. The Morgan fingerprint density at radius 3 is 2.71 bits per heavy atom. The number of benzene rings is 1. The lowest BCUT2D eigenvalue weighted by Gasteiger charge is -2.22. The van der Waals surface area contributed by atoms with Gasteiger partial charge in [-0.25, -0.2) is 14.2 Å². The molecular weight excluding hydrogens is 331 g/mol. The van der Waals surface area contributed by atoms with Gasteiger partial charge < -0.3 is 19.9 Å². The van der Waals surface area contributed by atoms with Gasteiger partial charge in [-0.1, -0.05) is 23.9 Å². The molecule has 0 unspecified atom stereocenters. The van der Waals surface area contributed by atoms with Crippen LogP contribution in [0.2, 0.25) is 0 Å². The van der Waals surface area contributed by atoms with E-state index in [0.29, 0.717) is 13.1 Å². The maximum atomic E-state index is 13.0. The molecule has 130 valence electrons. The van der Waals surface area contributed by atoms with Gasteiger partial charge in [0.25, 0.3) is 0 Å². The van der Waals surface area contributed by atoms with Crippen molar-refractivity contribution in [1.82, 2.24) is 19.8 Å². The second-order valence-corrected chi connectivity index (χ2v) is 6.00. The van der Waals surface area contributed by atoms with Gasteiger partial charge in [0, 0.05) is 20.1 Å². The van der Waals surface area contributed by atoms with Crippen molar-refractivity contribution >= 4 is 17.8 Å². The number of nitrogens with one attached hydrogen (secondary N) is 1. The molecule has 1 aromatic heterocycles. The lowest BCUT2D eigenvalue weighted by Crippen LogP contribution is -2.41. The number of aromatic nitrogens is 2. The molecule has 0 saturated carbocycles. The third-order valence-electron chi connectivity index (χ3n) is 3.59. The highest BCUT2D eigenvalue weighted by Crippen LogP contribution is 2.13. The van der Waals surface area contributed by atoms with Crippen LogP contribution in [0.1, 0.15) is 11.3 Å². The van der Waals surface area contributed by atoms with Gasteiger partial charge in [0.1, 0.15) is 5.82 Å². The standard InChI is InChI=1S/C16H21FN4O2S/c1-20-14(10-19-16(20)24-2)9-18-15(23)21(7-8-22)11-12-3-5-13(17)6-4-12/h3-6,10,22H,7-9,11H2,1-2H3,(H,18,23). The van der Waals surface area contributed by atoms with Crippen LogP contribution in [0.15, 0.2) is 35.6 Å². The zero-order valence-corrected chi connectivity index (χ0v) is 14.5. The van der Waals surface area contributed by atoms with E-state index in [9.17, 15) is 14.3 Å². The summed E-state index contributed by atoms with van der Waals surface area (Å²) < 4.78 is 14.9. The van der Waals surface area contributed by atoms with E-state index in [1.54, 1.807) is 18.3 Å². The summed E-state index contributed by atoms with van der Waals surface area (Å²) in [5.41, 5.74) is 1.68. The Labute approximate surface area is 144 Å². The van der Waals surface area contributed by atoms with Crippen LogP contribution in [0.4, 0.5) is 9.18 Å². The molecule has 0 fully saturated rings. The predicted octanol–water partition coefficient (Wildman–Crippen LogP) is 1.99. The maximum absolute atomic E-state index is 13.0. The molecule has 0 radical (unpaired) electrons. The molecule has 2 N–H and O–H groups in total. The van der Waals surface area contributed by atoms with Crippen LogP contribution in [0.5, 0.6) is 0 Å². The third kappa shape index (κ3) is 4.72. The Morgan fingerprint density at radius 2 is 2.12 bits per heavy atom. The van der Waals surface area contributed by atoms with Crippen molar-refractivity contribution in [3.63, 3.8) is 0 Å². The molecule has 0 aliphatic carbocycles. The normalized spacial score (nSPS) is 10.7. The summed E-state index contributed by atoms with van der Waals surface area (Å²) in [5.74, 6) is -0.322. The zero-order valence-electron chi connectivity index (χ0n) is 13.7. The molecule has 8 heteroatoms. The number of thioether (sulfide) groups is 1. The predicted molar refractivity (Wildman–Crippen MR) is 91.1 cm³/mol. The molecule has 0 atom stereocenters. The first-order valence-corrected chi connectivity index (χ1v) is 8.70. The van der Waals surface area contributed by atoms with E-state index >= 15 is 0 Å². The number of halogens is 1. The first-order chi connectivity index (χ1) is 11.5. The van der Waals surface area contributed by atoms with Crippen molar-refractivity contribution in [3.8, 4) is 0 Å². The van der Waals surface area contributed by atoms with Crippen LogP contribution in [-0.2, 0) is 20.1 Å². The van der Waals surface area contributed by atoms with Crippen molar-refractivity contribution in [3.05, 3.63) is 47.5 Å². The molecule has 6 nitrogen and oxygen atoms in total. The average Bonchev–Trinajstić information content (AvgIpc) is 2.94. The van der Waals surface area contributed by atoms with E-state index < -0.39 is 0 Å². The van der Waals surface area contributed by atoms with Gasteiger partial charge in [0.15, 0.2) is 5.16 Å². The number of hydrogen-bond acceptors (Lipinski definition) is 4. The van der Waals surface area contributed by atoms with E-state index in [-0.39, 0.29) is 25.0 Å². The van der Waals surface area contributed by atoms with Crippen molar-refractivity contribution in [2.45, 2.75) is 18.2 Å². The fraction of sp³-hybridized carbons (Fsp3) is 0.375. The number of hydrogen-bond donors (Lipinski definition) is 2.